The van der Waals surface area contributed by atoms with Gasteiger partial charge in [0.25, 0.3) is 0 Å². The number of aliphatic hydroxyl groups is 2. The Labute approximate surface area is 108 Å². The molecule has 0 aliphatic rings. The average Bonchev–Trinajstić information content (AvgIpc) is 2.26. The van der Waals surface area contributed by atoms with Gasteiger partial charge in [-0.2, -0.15) is 13.2 Å². The number of benzene rings is 1. The van der Waals surface area contributed by atoms with Gasteiger partial charge in [-0.3, -0.25) is 0 Å². The van der Waals surface area contributed by atoms with Gasteiger partial charge < -0.3 is 15.3 Å². The van der Waals surface area contributed by atoms with Crippen molar-refractivity contribution < 1.29 is 33.3 Å². The highest BCUT2D eigenvalue weighted by Crippen LogP contribution is 2.34. The van der Waals surface area contributed by atoms with Gasteiger partial charge in [-0.15, -0.1) is 0 Å². The van der Waals surface area contributed by atoms with Gasteiger partial charge in [0.05, 0.1) is 5.56 Å². The van der Waals surface area contributed by atoms with Gasteiger partial charge in [0.15, 0.2) is 6.10 Å². The second-order valence-corrected chi connectivity index (χ2v) is 4.32. The molecule has 0 saturated carbocycles. The van der Waals surface area contributed by atoms with Crippen molar-refractivity contribution in [2.75, 3.05) is 0 Å². The van der Waals surface area contributed by atoms with Crippen LogP contribution in [0.3, 0.4) is 0 Å². The number of alkyl halides is 3. The number of hydrogen-bond donors (Lipinski definition) is 3. The largest absolute Gasteiger partial charge is 0.479 e. The molecule has 1 aromatic carbocycles. The molecule has 2 atom stereocenters. The zero-order chi connectivity index (χ0) is 14.1. The standard InChI is InChI=1S/C10H8BrF3O4/c11-6-2-1-4(10(12,13)14)3-5(6)7(15)8(16)9(17)18/h1-3,7-8,15-16H,(H,17,18). The molecular formula is C10H8BrF3O4. The highest BCUT2D eigenvalue weighted by molar-refractivity contribution is 9.10. The summed E-state index contributed by atoms with van der Waals surface area (Å²) in [7, 11) is 0. The molecule has 1 aromatic rings. The van der Waals surface area contributed by atoms with Gasteiger partial charge in [-0.25, -0.2) is 4.79 Å². The maximum Gasteiger partial charge on any atom is 0.416 e. The number of rotatable bonds is 3. The number of hydrogen-bond acceptors (Lipinski definition) is 3. The van der Waals surface area contributed by atoms with Crippen LogP contribution in [-0.4, -0.2) is 27.4 Å². The Kier molecular flexibility index (Phi) is 4.36. The van der Waals surface area contributed by atoms with Crippen LogP contribution >= 0.6 is 15.9 Å². The molecule has 3 N–H and O–H groups in total. The van der Waals surface area contributed by atoms with E-state index in [1.165, 1.54) is 0 Å². The van der Waals surface area contributed by atoms with Crippen LogP contribution in [0.15, 0.2) is 22.7 Å². The molecule has 1 rings (SSSR count). The topological polar surface area (TPSA) is 77.8 Å². The smallest absolute Gasteiger partial charge is 0.416 e. The molecule has 100 valence electrons. The fraction of sp³-hybridized carbons (Fsp3) is 0.300. The van der Waals surface area contributed by atoms with Gasteiger partial charge in [0, 0.05) is 4.47 Å². The lowest BCUT2D eigenvalue weighted by Crippen LogP contribution is -2.28. The third-order valence-corrected chi connectivity index (χ3v) is 2.92. The van der Waals surface area contributed by atoms with Crippen LogP contribution in [0.4, 0.5) is 13.2 Å². The average molecular weight is 329 g/mol. The van der Waals surface area contributed by atoms with Crippen LogP contribution in [-0.2, 0) is 11.0 Å². The predicted octanol–water partition coefficient (Wildman–Crippen LogP) is 1.95. The van der Waals surface area contributed by atoms with Crippen molar-refractivity contribution in [2.45, 2.75) is 18.4 Å². The third kappa shape index (κ3) is 3.21. The molecule has 0 fully saturated rings. The van der Waals surface area contributed by atoms with Crippen molar-refractivity contribution in [3.63, 3.8) is 0 Å². The van der Waals surface area contributed by atoms with Gasteiger partial charge in [0.2, 0.25) is 0 Å². The first-order valence-corrected chi connectivity index (χ1v) is 5.39. The minimum Gasteiger partial charge on any atom is -0.479 e. The van der Waals surface area contributed by atoms with E-state index in [0.29, 0.717) is 6.07 Å². The molecule has 0 aliphatic heterocycles. The minimum absolute atomic E-state index is 0.0725. The van der Waals surface area contributed by atoms with E-state index in [0.717, 1.165) is 12.1 Å². The SMILES string of the molecule is O=C(O)C(O)C(O)c1cc(C(F)(F)F)ccc1Br. The lowest BCUT2D eigenvalue weighted by Gasteiger charge is -2.17. The molecular weight excluding hydrogens is 321 g/mol. The van der Waals surface area contributed by atoms with E-state index < -0.39 is 29.9 Å². The fourth-order valence-corrected chi connectivity index (χ4v) is 1.73. The summed E-state index contributed by atoms with van der Waals surface area (Å²) in [6.07, 6.45) is -8.78. The van der Waals surface area contributed by atoms with Crippen molar-refractivity contribution in [2.24, 2.45) is 0 Å². The first-order chi connectivity index (χ1) is 8.14. The van der Waals surface area contributed by atoms with Gasteiger partial charge in [-0.05, 0) is 23.8 Å². The highest BCUT2D eigenvalue weighted by atomic mass is 79.9. The summed E-state index contributed by atoms with van der Waals surface area (Å²) in [5.41, 5.74) is -1.39. The summed E-state index contributed by atoms with van der Waals surface area (Å²) in [6, 6.07) is 2.38. The van der Waals surface area contributed by atoms with E-state index in [4.69, 9.17) is 10.2 Å². The molecule has 0 bridgehead atoms. The minimum atomic E-state index is -4.62. The van der Waals surface area contributed by atoms with Crippen LogP contribution in [0.25, 0.3) is 0 Å². The third-order valence-electron chi connectivity index (χ3n) is 2.19. The Morgan fingerprint density at radius 3 is 2.28 bits per heavy atom. The van der Waals surface area contributed by atoms with Gasteiger partial charge >= 0.3 is 12.1 Å². The van der Waals surface area contributed by atoms with Gasteiger partial charge in [0.1, 0.15) is 6.10 Å². The molecule has 0 heterocycles. The normalized spacial score (nSPS) is 15.2. The molecule has 0 amide bonds. The van der Waals surface area contributed by atoms with Crippen molar-refractivity contribution >= 4 is 21.9 Å². The lowest BCUT2D eigenvalue weighted by molar-refractivity contribution is -0.153. The van der Waals surface area contributed by atoms with E-state index in [1.807, 2.05) is 0 Å². The van der Waals surface area contributed by atoms with Crippen molar-refractivity contribution in [1.29, 1.82) is 0 Å². The lowest BCUT2D eigenvalue weighted by atomic mass is 10.0. The molecule has 0 aromatic heterocycles. The number of carboxylic acids is 1. The summed E-state index contributed by atoms with van der Waals surface area (Å²) >= 11 is 2.88. The number of aliphatic hydroxyl groups excluding tert-OH is 2. The molecule has 0 radical (unpaired) electrons. The Balaban J connectivity index is 3.20. The Bertz CT molecular complexity index is 461. The number of carboxylic acid groups (broad SMARTS) is 1. The van der Waals surface area contributed by atoms with Crippen LogP contribution in [0.1, 0.15) is 17.2 Å². The zero-order valence-corrected chi connectivity index (χ0v) is 10.2. The van der Waals surface area contributed by atoms with Crippen LogP contribution in [0.5, 0.6) is 0 Å². The second-order valence-electron chi connectivity index (χ2n) is 3.46. The van der Waals surface area contributed by atoms with E-state index in [9.17, 15) is 23.1 Å². The van der Waals surface area contributed by atoms with Crippen molar-refractivity contribution in [3.05, 3.63) is 33.8 Å². The van der Waals surface area contributed by atoms with Crippen LogP contribution in [0, 0.1) is 0 Å². The fourth-order valence-electron chi connectivity index (χ4n) is 1.25. The van der Waals surface area contributed by atoms with Crippen LogP contribution < -0.4 is 0 Å². The first-order valence-electron chi connectivity index (χ1n) is 4.60. The summed E-state index contributed by atoms with van der Waals surface area (Å²) in [5, 5.41) is 27.1. The van der Waals surface area contributed by atoms with E-state index in [2.05, 4.69) is 15.9 Å². The molecule has 0 spiro atoms. The Morgan fingerprint density at radius 2 is 1.83 bits per heavy atom. The van der Waals surface area contributed by atoms with E-state index in [1.54, 1.807) is 0 Å². The van der Waals surface area contributed by atoms with Crippen LogP contribution in [0.2, 0.25) is 0 Å². The van der Waals surface area contributed by atoms with Crippen molar-refractivity contribution in [1.82, 2.24) is 0 Å². The summed E-state index contributed by atoms with van der Waals surface area (Å²) in [5.74, 6) is -1.73. The van der Waals surface area contributed by atoms with Gasteiger partial charge in [-0.1, -0.05) is 15.9 Å². The van der Waals surface area contributed by atoms with Crippen molar-refractivity contribution in [3.8, 4) is 0 Å². The molecule has 8 heteroatoms. The quantitative estimate of drug-likeness (QED) is 0.792. The summed E-state index contributed by atoms with van der Waals surface area (Å²) < 4.78 is 37.4. The highest BCUT2D eigenvalue weighted by Gasteiger charge is 2.33. The predicted molar refractivity (Wildman–Crippen MR) is 57.7 cm³/mol. The summed E-state index contributed by atoms with van der Waals surface area (Å²) in [4.78, 5) is 10.5. The Morgan fingerprint density at radius 1 is 1.28 bits per heavy atom. The molecule has 18 heavy (non-hydrogen) atoms. The maximum atomic E-state index is 12.4. The zero-order valence-electron chi connectivity index (χ0n) is 8.65. The molecule has 4 nitrogen and oxygen atoms in total. The second kappa shape index (κ2) is 5.25. The number of halogens is 4. The monoisotopic (exact) mass is 328 g/mol. The molecule has 0 aliphatic carbocycles. The summed E-state index contributed by atoms with van der Waals surface area (Å²) in [6.45, 7) is 0. The number of carbonyl (C=O) groups is 1. The number of aliphatic carboxylic acids is 1. The first kappa shape index (κ1) is 14.9. The maximum absolute atomic E-state index is 12.4. The Hall–Kier alpha value is -1.12. The molecule has 0 saturated heterocycles. The van der Waals surface area contributed by atoms with E-state index in [-0.39, 0.29) is 10.0 Å². The molecule has 2 unspecified atom stereocenters. The van der Waals surface area contributed by atoms with E-state index >= 15 is 0 Å².